The van der Waals surface area contributed by atoms with Gasteiger partial charge in [-0.25, -0.2) is 4.79 Å². The van der Waals surface area contributed by atoms with Gasteiger partial charge in [0.25, 0.3) is 5.91 Å². The molecule has 2 N–H and O–H groups in total. The summed E-state index contributed by atoms with van der Waals surface area (Å²) in [6.07, 6.45) is 0. The Hall–Kier alpha value is -1.66. The highest BCUT2D eigenvalue weighted by Gasteiger charge is 2.13. The molecule has 0 aromatic heterocycles. The van der Waals surface area contributed by atoms with Gasteiger partial charge in [-0.3, -0.25) is 4.79 Å². The second-order valence-electron chi connectivity index (χ2n) is 4.44. The number of aromatic carboxylic acids is 1. The molecule has 0 atom stereocenters. The van der Waals surface area contributed by atoms with Crippen LogP contribution in [0.3, 0.4) is 0 Å². The van der Waals surface area contributed by atoms with Crippen molar-refractivity contribution in [3.8, 4) is 0 Å². The molecule has 0 saturated carbocycles. The van der Waals surface area contributed by atoms with Crippen LogP contribution in [0.5, 0.6) is 0 Å². The number of carboxylic acids is 1. The number of carbonyl (C=O) groups excluding carboxylic acids is 1. The lowest BCUT2D eigenvalue weighted by molar-refractivity contribution is 0.0695. The highest BCUT2D eigenvalue weighted by molar-refractivity contribution is 9.10. The third-order valence-corrected chi connectivity index (χ3v) is 4.20. The number of carboxylic acid groups (broad SMARTS) is 1. The van der Waals surface area contributed by atoms with Crippen molar-refractivity contribution in [2.24, 2.45) is 0 Å². The second kappa shape index (κ2) is 6.41. The van der Waals surface area contributed by atoms with Crippen LogP contribution in [0.1, 0.15) is 26.3 Å². The SMILES string of the molecule is Cc1ccc(Br)c(C(=O)Nc2ccc(Br)c(C(=O)O)c2)c1. The summed E-state index contributed by atoms with van der Waals surface area (Å²) in [5.41, 5.74) is 1.98. The summed E-state index contributed by atoms with van der Waals surface area (Å²) < 4.78 is 1.14. The van der Waals surface area contributed by atoms with Crippen LogP contribution in [0.15, 0.2) is 45.3 Å². The molecule has 108 valence electrons. The number of hydrogen-bond donors (Lipinski definition) is 2. The van der Waals surface area contributed by atoms with E-state index in [1.807, 2.05) is 13.0 Å². The number of hydrogen-bond acceptors (Lipinski definition) is 2. The monoisotopic (exact) mass is 411 g/mol. The molecule has 0 saturated heterocycles. The summed E-state index contributed by atoms with van der Waals surface area (Å²) in [7, 11) is 0. The van der Waals surface area contributed by atoms with Gasteiger partial charge in [0, 0.05) is 14.6 Å². The van der Waals surface area contributed by atoms with Crippen molar-refractivity contribution < 1.29 is 14.7 Å². The molecule has 1 amide bonds. The molecule has 0 aliphatic heterocycles. The highest BCUT2D eigenvalue weighted by atomic mass is 79.9. The number of nitrogens with one attached hydrogen (secondary N) is 1. The molecule has 2 aromatic rings. The van der Waals surface area contributed by atoms with Crippen LogP contribution in [0, 0.1) is 6.92 Å². The quantitative estimate of drug-likeness (QED) is 0.781. The van der Waals surface area contributed by atoms with Gasteiger partial charge in [0.15, 0.2) is 0 Å². The molecule has 2 rings (SSSR count). The lowest BCUT2D eigenvalue weighted by atomic mass is 10.1. The maximum Gasteiger partial charge on any atom is 0.336 e. The lowest BCUT2D eigenvalue weighted by Crippen LogP contribution is -2.13. The standard InChI is InChI=1S/C15H11Br2NO3/c1-8-2-4-12(16)10(6-8)14(19)18-9-3-5-13(17)11(7-9)15(20)21/h2-7H,1H3,(H,18,19)(H,20,21). The minimum atomic E-state index is -1.06. The Morgan fingerprint density at radius 2 is 1.62 bits per heavy atom. The zero-order chi connectivity index (χ0) is 15.6. The van der Waals surface area contributed by atoms with Crippen LogP contribution in [0.4, 0.5) is 5.69 Å². The highest BCUT2D eigenvalue weighted by Crippen LogP contribution is 2.23. The Morgan fingerprint density at radius 3 is 2.29 bits per heavy atom. The van der Waals surface area contributed by atoms with Gasteiger partial charge in [-0.2, -0.15) is 0 Å². The first-order valence-electron chi connectivity index (χ1n) is 5.99. The predicted octanol–water partition coefficient (Wildman–Crippen LogP) is 4.47. The summed E-state index contributed by atoms with van der Waals surface area (Å²) in [5.74, 6) is -1.36. The van der Waals surface area contributed by atoms with E-state index < -0.39 is 5.97 Å². The average Bonchev–Trinajstić information content (AvgIpc) is 2.43. The summed E-state index contributed by atoms with van der Waals surface area (Å²) >= 11 is 6.49. The minimum Gasteiger partial charge on any atom is -0.478 e. The Kier molecular flexibility index (Phi) is 4.80. The van der Waals surface area contributed by atoms with Crippen LogP contribution in [-0.2, 0) is 0 Å². The van der Waals surface area contributed by atoms with Gasteiger partial charge in [0.05, 0.1) is 11.1 Å². The predicted molar refractivity (Wildman–Crippen MR) is 87.9 cm³/mol. The summed E-state index contributed by atoms with van der Waals surface area (Å²) in [6.45, 7) is 1.89. The first-order valence-corrected chi connectivity index (χ1v) is 7.57. The molecule has 21 heavy (non-hydrogen) atoms. The number of amides is 1. The third-order valence-electron chi connectivity index (χ3n) is 2.82. The summed E-state index contributed by atoms with van der Waals surface area (Å²) in [5, 5.41) is 11.8. The van der Waals surface area contributed by atoms with Crippen molar-refractivity contribution in [3.63, 3.8) is 0 Å². The number of halogens is 2. The number of carbonyl (C=O) groups is 2. The van der Waals surface area contributed by atoms with Crippen LogP contribution in [0.25, 0.3) is 0 Å². The van der Waals surface area contributed by atoms with Crippen LogP contribution in [-0.4, -0.2) is 17.0 Å². The van der Waals surface area contributed by atoms with Crippen molar-refractivity contribution in [1.29, 1.82) is 0 Å². The molecule has 0 fully saturated rings. The van der Waals surface area contributed by atoms with Gasteiger partial charge in [-0.15, -0.1) is 0 Å². The van der Waals surface area contributed by atoms with Gasteiger partial charge in [-0.1, -0.05) is 11.6 Å². The molecule has 6 heteroatoms. The van der Waals surface area contributed by atoms with Crippen LogP contribution < -0.4 is 5.32 Å². The molecule has 0 bridgehead atoms. The maximum atomic E-state index is 12.3. The molecular weight excluding hydrogens is 402 g/mol. The van der Waals surface area contributed by atoms with Gasteiger partial charge in [0.1, 0.15) is 0 Å². The minimum absolute atomic E-state index is 0.0936. The van der Waals surface area contributed by atoms with Crippen LogP contribution >= 0.6 is 31.9 Å². The van der Waals surface area contributed by atoms with Gasteiger partial charge in [0.2, 0.25) is 0 Å². The number of anilines is 1. The van der Waals surface area contributed by atoms with Gasteiger partial charge < -0.3 is 10.4 Å². The number of benzene rings is 2. The van der Waals surface area contributed by atoms with E-state index >= 15 is 0 Å². The van der Waals surface area contributed by atoms with E-state index in [1.54, 1.807) is 24.3 Å². The molecule has 0 spiro atoms. The third kappa shape index (κ3) is 3.71. The fourth-order valence-corrected chi connectivity index (χ4v) is 2.62. The molecule has 0 heterocycles. The Balaban J connectivity index is 2.29. The number of rotatable bonds is 3. The fourth-order valence-electron chi connectivity index (χ4n) is 1.78. The molecule has 0 radical (unpaired) electrons. The van der Waals surface area contributed by atoms with E-state index in [0.29, 0.717) is 20.2 Å². The molecule has 0 aliphatic rings. The van der Waals surface area contributed by atoms with Crippen molar-refractivity contribution in [2.45, 2.75) is 6.92 Å². The van der Waals surface area contributed by atoms with Crippen molar-refractivity contribution in [2.75, 3.05) is 5.32 Å². The van der Waals surface area contributed by atoms with Crippen molar-refractivity contribution >= 4 is 49.4 Å². The summed E-state index contributed by atoms with van der Waals surface area (Å²) in [6, 6.07) is 10.1. The van der Waals surface area contributed by atoms with Crippen LogP contribution in [0.2, 0.25) is 0 Å². The average molecular weight is 413 g/mol. The van der Waals surface area contributed by atoms with Gasteiger partial charge >= 0.3 is 5.97 Å². The Bertz CT molecular complexity index is 729. The normalized spacial score (nSPS) is 10.2. The Labute approximate surface area is 138 Å². The number of aryl methyl sites for hydroxylation is 1. The molecule has 2 aromatic carbocycles. The maximum absolute atomic E-state index is 12.3. The van der Waals surface area contributed by atoms with E-state index in [4.69, 9.17) is 5.11 Å². The molecule has 4 nitrogen and oxygen atoms in total. The Morgan fingerprint density at radius 1 is 1.00 bits per heavy atom. The smallest absolute Gasteiger partial charge is 0.336 e. The first kappa shape index (κ1) is 15.7. The van der Waals surface area contributed by atoms with Gasteiger partial charge in [-0.05, 0) is 69.1 Å². The zero-order valence-electron chi connectivity index (χ0n) is 11.0. The van der Waals surface area contributed by atoms with E-state index in [-0.39, 0.29) is 11.5 Å². The van der Waals surface area contributed by atoms with Crippen molar-refractivity contribution in [1.82, 2.24) is 0 Å². The van der Waals surface area contributed by atoms with Crippen molar-refractivity contribution in [3.05, 3.63) is 62.0 Å². The zero-order valence-corrected chi connectivity index (χ0v) is 14.2. The van der Waals surface area contributed by atoms with E-state index in [2.05, 4.69) is 37.2 Å². The molecular formula is C15H11Br2NO3. The van der Waals surface area contributed by atoms with E-state index in [9.17, 15) is 9.59 Å². The lowest BCUT2D eigenvalue weighted by Gasteiger charge is -2.09. The first-order chi connectivity index (χ1) is 9.88. The summed E-state index contributed by atoms with van der Waals surface area (Å²) in [4.78, 5) is 23.3. The topological polar surface area (TPSA) is 66.4 Å². The van der Waals surface area contributed by atoms with E-state index in [0.717, 1.165) is 5.56 Å². The second-order valence-corrected chi connectivity index (χ2v) is 6.15. The largest absolute Gasteiger partial charge is 0.478 e. The van der Waals surface area contributed by atoms with E-state index in [1.165, 1.54) is 6.07 Å². The molecule has 0 unspecified atom stereocenters. The molecule has 0 aliphatic carbocycles. The fraction of sp³-hybridized carbons (Fsp3) is 0.0667.